The Bertz CT molecular complexity index is 840. The highest BCUT2D eigenvalue weighted by Crippen LogP contribution is 2.33. The van der Waals surface area contributed by atoms with Crippen LogP contribution in [0.5, 0.6) is 5.75 Å². The summed E-state index contributed by atoms with van der Waals surface area (Å²) in [5.74, 6) is 0.790. The van der Waals surface area contributed by atoms with Gasteiger partial charge in [0.25, 0.3) is 0 Å². The number of aliphatic hydroxyl groups is 1. The molecule has 3 amide bonds. The number of rotatable bonds is 4. The molecule has 30 heavy (non-hydrogen) atoms. The number of hydrogen-bond donors (Lipinski definition) is 4. The van der Waals surface area contributed by atoms with Gasteiger partial charge in [0.15, 0.2) is 0 Å². The maximum Gasteiger partial charge on any atom is 0.323 e. The van der Waals surface area contributed by atoms with Gasteiger partial charge in [-0.3, -0.25) is 4.79 Å². The number of amides is 3. The summed E-state index contributed by atoms with van der Waals surface area (Å²) in [4.78, 5) is 21.5. The third-order valence-corrected chi connectivity index (χ3v) is 4.94. The number of primary amides is 1. The van der Waals surface area contributed by atoms with E-state index < -0.39 is 0 Å². The zero-order chi connectivity index (χ0) is 22.1. The zero-order valence-corrected chi connectivity index (χ0v) is 17.8. The Morgan fingerprint density at radius 1 is 1.03 bits per heavy atom. The van der Waals surface area contributed by atoms with Crippen molar-refractivity contribution in [2.45, 2.75) is 51.6 Å². The summed E-state index contributed by atoms with van der Waals surface area (Å²) in [6.07, 6.45) is 3.62. The standard InChI is InChI=1S/C21H26N2O3.C2H5NO/c1-14-3-12-20(26-2)19(13-14)23-21(25)22-17-8-4-15(5-9-17)16-6-10-18(24)11-7-16;1-2(3)4/h3-5,8-9,12-13,16,18,24H,6-7,10-11H2,1-2H3,(H2,22,23,25);1H3,(H2,3,4). The molecule has 2 aromatic carbocycles. The van der Waals surface area contributed by atoms with Crippen LogP contribution in [-0.4, -0.2) is 30.3 Å². The average molecular weight is 414 g/mol. The number of methoxy groups -OCH3 is 1. The van der Waals surface area contributed by atoms with Gasteiger partial charge in [0.1, 0.15) is 5.75 Å². The molecule has 0 saturated heterocycles. The van der Waals surface area contributed by atoms with E-state index in [2.05, 4.69) is 28.5 Å². The lowest BCUT2D eigenvalue weighted by atomic mass is 9.83. The summed E-state index contributed by atoms with van der Waals surface area (Å²) in [5, 5.41) is 15.3. The molecule has 0 atom stereocenters. The first-order valence-electron chi connectivity index (χ1n) is 10.0. The second-order valence-corrected chi connectivity index (χ2v) is 7.52. The lowest BCUT2D eigenvalue weighted by molar-refractivity contribution is -0.115. The summed E-state index contributed by atoms with van der Waals surface area (Å²) in [6, 6.07) is 13.3. The van der Waals surface area contributed by atoms with Crippen molar-refractivity contribution in [2.75, 3.05) is 17.7 Å². The molecule has 1 saturated carbocycles. The molecule has 1 aliphatic rings. The van der Waals surface area contributed by atoms with Crippen molar-refractivity contribution in [1.82, 2.24) is 0 Å². The molecule has 7 heteroatoms. The molecule has 0 heterocycles. The first-order valence-corrected chi connectivity index (χ1v) is 10.0. The van der Waals surface area contributed by atoms with Crippen molar-refractivity contribution in [3.05, 3.63) is 53.6 Å². The highest BCUT2D eigenvalue weighted by atomic mass is 16.5. The SMILES string of the molecule is CC(N)=O.COc1ccc(C)cc1NC(=O)Nc1ccc(C2CCC(O)CC2)cc1. The van der Waals surface area contributed by atoms with Crippen LogP contribution in [0, 0.1) is 6.92 Å². The van der Waals surface area contributed by atoms with E-state index in [0.29, 0.717) is 17.4 Å². The van der Waals surface area contributed by atoms with E-state index in [1.165, 1.54) is 12.5 Å². The molecule has 1 fully saturated rings. The number of anilines is 2. The third-order valence-electron chi connectivity index (χ3n) is 4.94. The van der Waals surface area contributed by atoms with Gasteiger partial charge in [-0.2, -0.15) is 0 Å². The Balaban J connectivity index is 0.000000735. The number of urea groups is 1. The summed E-state index contributed by atoms with van der Waals surface area (Å²) in [7, 11) is 1.58. The maximum absolute atomic E-state index is 12.3. The van der Waals surface area contributed by atoms with Crippen LogP contribution in [0.2, 0.25) is 0 Å². The monoisotopic (exact) mass is 413 g/mol. The number of nitrogens with one attached hydrogen (secondary N) is 2. The molecule has 0 radical (unpaired) electrons. The van der Waals surface area contributed by atoms with Crippen LogP contribution >= 0.6 is 0 Å². The summed E-state index contributed by atoms with van der Waals surface area (Å²) in [6.45, 7) is 3.27. The molecule has 7 nitrogen and oxygen atoms in total. The summed E-state index contributed by atoms with van der Waals surface area (Å²) in [5.41, 5.74) is 8.17. The number of aryl methyl sites for hydroxylation is 1. The zero-order valence-electron chi connectivity index (χ0n) is 17.8. The Labute approximate surface area is 177 Å². The minimum atomic E-state index is -0.333. The van der Waals surface area contributed by atoms with Gasteiger partial charge in [-0.25, -0.2) is 4.79 Å². The van der Waals surface area contributed by atoms with Gasteiger partial charge in [-0.05, 0) is 73.9 Å². The first-order chi connectivity index (χ1) is 14.3. The molecule has 3 rings (SSSR count). The van der Waals surface area contributed by atoms with E-state index in [9.17, 15) is 14.7 Å². The number of hydrogen-bond acceptors (Lipinski definition) is 4. The minimum Gasteiger partial charge on any atom is -0.495 e. The molecule has 162 valence electrons. The van der Waals surface area contributed by atoms with Gasteiger partial charge in [0.05, 0.1) is 18.9 Å². The lowest BCUT2D eigenvalue weighted by Gasteiger charge is -2.25. The first kappa shape index (κ1) is 23.2. The quantitative estimate of drug-likeness (QED) is 0.603. The van der Waals surface area contributed by atoms with Gasteiger partial charge >= 0.3 is 6.03 Å². The molecule has 0 aliphatic heterocycles. The van der Waals surface area contributed by atoms with Crippen molar-refractivity contribution in [3.8, 4) is 5.75 Å². The molecule has 0 bridgehead atoms. The Morgan fingerprint density at radius 2 is 1.63 bits per heavy atom. The molecule has 0 aromatic heterocycles. The smallest absolute Gasteiger partial charge is 0.323 e. The Kier molecular flexibility index (Phi) is 8.68. The number of nitrogens with two attached hydrogens (primary N) is 1. The summed E-state index contributed by atoms with van der Waals surface area (Å²) < 4.78 is 5.28. The fourth-order valence-corrected chi connectivity index (χ4v) is 3.45. The highest BCUT2D eigenvalue weighted by Gasteiger charge is 2.20. The maximum atomic E-state index is 12.3. The highest BCUT2D eigenvalue weighted by molar-refractivity contribution is 6.00. The van der Waals surface area contributed by atoms with Crippen molar-refractivity contribution >= 4 is 23.3 Å². The third kappa shape index (κ3) is 7.40. The fourth-order valence-electron chi connectivity index (χ4n) is 3.45. The number of carbonyl (C=O) groups is 2. The topological polar surface area (TPSA) is 114 Å². The van der Waals surface area contributed by atoms with E-state index in [4.69, 9.17) is 4.74 Å². The van der Waals surface area contributed by atoms with Gasteiger partial charge in [-0.1, -0.05) is 18.2 Å². The molecule has 0 spiro atoms. The van der Waals surface area contributed by atoms with E-state index in [1.807, 2.05) is 37.3 Å². The Morgan fingerprint density at radius 3 is 2.20 bits per heavy atom. The van der Waals surface area contributed by atoms with E-state index in [1.54, 1.807) is 7.11 Å². The lowest BCUT2D eigenvalue weighted by Crippen LogP contribution is -2.20. The largest absolute Gasteiger partial charge is 0.495 e. The molecular formula is C23H31N3O4. The molecule has 0 unspecified atom stereocenters. The molecular weight excluding hydrogens is 382 g/mol. The molecule has 1 aliphatic carbocycles. The van der Waals surface area contributed by atoms with Gasteiger partial charge in [0, 0.05) is 12.6 Å². The van der Waals surface area contributed by atoms with Crippen molar-refractivity contribution in [2.24, 2.45) is 5.73 Å². The average Bonchev–Trinajstić information content (AvgIpc) is 2.69. The van der Waals surface area contributed by atoms with Gasteiger partial charge in [-0.15, -0.1) is 0 Å². The summed E-state index contributed by atoms with van der Waals surface area (Å²) >= 11 is 0. The van der Waals surface area contributed by atoms with Crippen LogP contribution in [-0.2, 0) is 4.79 Å². The van der Waals surface area contributed by atoms with Crippen LogP contribution < -0.4 is 21.1 Å². The molecule has 5 N–H and O–H groups in total. The minimum absolute atomic E-state index is 0.144. The Hall–Kier alpha value is -3.06. The van der Waals surface area contributed by atoms with E-state index >= 15 is 0 Å². The van der Waals surface area contributed by atoms with Crippen LogP contribution in [0.4, 0.5) is 16.2 Å². The number of ether oxygens (including phenoxy) is 1. The van der Waals surface area contributed by atoms with Crippen molar-refractivity contribution < 1.29 is 19.4 Å². The van der Waals surface area contributed by atoms with E-state index in [-0.39, 0.29) is 18.0 Å². The second-order valence-electron chi connectivity index (χ2n) is 7.52. The fraction of sp³-hybridized carbons (Fsp3) is 0.391. The van der Waals surface area contributed by atoms with E-state index in [0.717, 1.165) is 36.9 Å². The van der Waals surface area contributed by atoms with Crippen LogP contribution in [0.25, 0.3) is 0 Å². The van der Waals surface area contributed by atoms with Crippen molar-refractivity contribution in [3.63, 3.8) is 0 Å². The number of carbonyl (C=O) groups excluding carboxylic acids is 2. The predicted molar refractivity (Wildman–Crippen MR) is 119 cm³/mol. The van der Waals surface area contributed by atoms with Crippen LogP contribution in [0.15, 0.2) is 42.5 Å². The van der Waals surface area contributed by atoms with Crippen molar-refractivity contribution in [1.29, 1.82) is 0 Å². The predicted octanol–water partition coefficient (Wildman–Crippen LogP) is 4.16. The second kappa shape index (κ2) is 11.2. The van der Waals surface area contributed by atoms with Crippen LogP contribution in [0.3, 0.4) is 0 Å². The van der Waals surface area contributed by atoms with Crippen LogP contribution in [0.1, 0.15) is 49.7 Å². The molecule has 2 aromatic rings. The van der Waals surface area contributed by atoms with Gasteiger partial charge in [0.2, 0.25) is 5.91 Å². The normalized spacial score (nSPS) is 17.9. The number of aliphatic hydroxyl groups excluding tert-OH is 1. The van der Waals surface area contributed by atoms with Gasteiger partial charge < -0.3 is 26.2 Å². The number of benzene rings is 2.